The Hall–Kier alpha value is -0.940. The summed E-state index contributed by atoms with van der Waals surface area (Å²) in [4.78, 5) is 28.0. The molecule has 0 aromatic rings. The van der Waals surface area contributed by atoms with Crippen LogP contribution in [-0.2, 0) is 14.3 Å². The predicted octanol–water partition coefficient (Wildman–Crippen LogP) is 5.24. The Morgan fingerprint density at radius 2 is 1.51 bits per heavy atom. The lowest BCUT2D eigenvalue weighted by Crippen LogP contribution is -2.61. The van der Waals surface area contributed by atoms with E-state index in [2.05, 4.69) is 25.9 Å². The average molecular weight is 488 g/mol. The van der Waals surface area contributed by atoms with Gasteiger partial charge in [-0.3, -0.25) is 9.59 Å². The number of esters is 1. The van der Waals surface area contributed by atoms with Crippen LogP contribution in [0.15, 0.2) is 0 Å². The lowest BCUT2D eigenvalue weighted by molar-refractivity contribution is -0.197. The van der Waals surface area contributed by atoms with Crippen molar-refractivity contribution in [2.75, 3.05) is 14.1 Å². The number of aliphatic hydroxyl groups is 1. The Bertz CT molecular complexity index is 819. The van der Waals surface area contributed by atoms with E-state index in [1.54, 1.807) is 6.92 Å². The lowest BCUT2D eigenvalue weighted by atomic mass is 9.44. The first-order chi connectivity index (χ1) is 16.6. The number of carbonyl (C=O) groups excluding carboxylic acids is 2. The van der Waals surface area contributed by atoms with E-state index in [9.17, 15) is 14.7 Å². The summed E-state index contributed by atoms with van der Waals surface area (Å²) in [5.74, 6) is 4.22. The van der Waals surface area contributed by atoms with Crippen LogP contribution in [0.25, 0.3) is 0 Å². The molecule has 0 aromatic heterocycles. The SMILES string of the molecule is CC(=O)O[C@]1(C(C)=O)CCC2C3CCC4CC(O)CCC4C3C(C3CCC(N(C)C)CC3)C[C@@]21C. The minimum atomic E-state index is -0.951. The van der Waals surface area contributed by atoms with Gasteiger partial charge in [0.05, 0.1) is 6.10 Å². The van der Waals surface area contributed by atoms with Gasteiger partial charge >= 0.3 is 5.97 Å². The van der Waals surface area contributed by atoms with Gasteiger partial charge in [0.1, 0.15) is 0 Å². The van der Waals surface area contributed by atoms with E-state index in [1.807, 2.05) is 0 Å². The maximum Gasteiger partial charge on any atom is 0.303 e. The van der Waals surface area contributed by atoms with Crippen LogP contribution in [0, 0.1) is 46.8 Å². The number of ketones is 1. The van der Waals surface area contributed by atoms with Crippen molar-refractivity contribution >= 4 is 11.8 Å². The number of hydrogen-bond acceptors (Lipinski definition) is 5. The summed E-state index contributed by atoms with van der Waals surface area (Å²) in [6.07, 6.45) is 13.2. The molecule has 1 N–H and O–H groups in total. The molecule has 0 spiro atoms. The summed E-state index contributed by atoms with van der Waals surface area (Å²) in [5.41, 5.74) is -1.22. The van der Waals surface area contributed by atoms with Crippen molar-refractivity contribution in [1.29, 1.82) is 0 Å². The van der Waals surface area contributed by atoms with Crippen LogP contribution in [0.4, 0.5) is 0 Å². The van der Waals surface area contributed by atoms with Crippen LogP contribution in [0.2, 0.25) is 0 Å². The molecular weight excluding hydrogens is 438 g/mol. The number of nitrogens with zero attached hydrogens (tertiary/aromatic N) is 1. The van der Waals surface area contributed by atoms with Gasteiger partial charge < -0.3 is 14.7 Å². The molecule has 5 fully saturated rings. The predicted molar refractivity (Wildman–Crippen MR) is 137 cm³/mol. The van der Waals surface area contributed by atoms with E-state index in [0.717, 1.165) is 31.6 Å². The molecule has 198 valence electrons. The number of rotatable bonds is 4. The molecule has 0 saturated heterocycles. The second-order valence-electron chi connectivity index (χ2n) is 13.6. The van der Waals surface area contributed by atoms with Crippen molar-refractivity contribution in [3.63, 3.8) is 0 Å². The van der Waals surface area contributed by atoms with Crippen LogP contribution in [0.5, 0.6) is 0 Å². The largest absolute Gasteiger partial charge is 0.451 e. The maximum atomic E-state index is 13.3. The van der Waals surface area contributed by atoms with Gasteiger partial charge in [0, 0.05) is 18.4 Å². The molecule has 0 aliphatic heterocycles. The molecule has 9 atom stereocenters. The highest BCUT2D eigenvalue weighted by Crippen LogP contribution is 2.69. The van der Waals surface area contributed by atoms with Crippen molar-refractivity contribution < 1.29 is 19.4 Å². The molecule has 5 aliphatic rings. The van der Waals surface area contributed by atoms with Crippen molar-refractivity contribution in [2.45, 2.75) is 116 Å². The zero-order valence-electron chi connectivity index (χ0n) is 22.8. The molecule has 5 saturated carbocycles. The topological polar surface area (TPSA) is 66.8 Å². The Morgan fingerprint density at radius 1 is 0.857 bits per heavy atom. The van der Waals surface area contributed by atoms with Gasteiger partial charge in [-0.15, -0.1) is 0 Å². The first-order valence-electron chi connectivity index (χ1n) is 14.6. The summed E-state index contributed by atoms with van der Waals surface area (Å²) in [7, 11) is 4.43. The first kappa shape index (κ1) is 25.7. The third-order valence-electron chi connectivity index (χ3n) is 12.1. The maximum absolute atomic E-state index is 13.3. The first-order valence-corrected chi connectivity index (χ1v) is 14.6. The van der Waals surface area contributed by atoms with Gasteiger partial charge in [0.15, 0.2) is 11.4 Å². The number of hydrogen-bond donors (Lipinski definition) is 1. The lowest BCUT2D eigenvalue weighted by Gasteiger charge is -2.62. The summed E-state index contributed by atoms with van der Waals surface area (Å²) in [6, 6.07) is 0.682. The molecule has 5 heteroatoms. The zero-order chi connectivity index (χ0) is 25.1. The van der Waals surface area contributed by atoms with Crippen molar-refractivity contribution in [3.8, 4) is 0 Å². The van der Waals surface area contributed by atoms with E-state index in [0.29, 0.717) is 48.0 Å². The third-order valence-corrected chi connectivity index (χ3v) is 12.1. The van der Waals surface area contributed by atoms with Gasteiger partial charge in [0.25, 0.3) is 0 Å². The van der Waals surface area contributed by atoms with Gasteiger partial charge in [-0.2, -0.15) is 0 Å². The van der Waals surface area contributed by atoms with E-state index in [1.165, 1.54) is 51.9 Å². The summed E-state index contributed by atoms with van der Waals surface area (Å²) >= 11 is 0. The number of fused-ring (bicyclic) bond motifs is 5. The molecule has 5 nitrogen and oxygen atoms in total. The Balaban J connectivity index is 1.51. The number of aliphatic hydroxyl groups excluding tert-OH is 1. The molecule has 0 bridgehead atoms. The zero-order valence-corrected chi connectivity index (χ0v) is 22.8. The van der Waals surface area contributed by atoms with E-state index >= 15 is 0 Å². The van der Waals surface area contributed by atoms with E-state index in [4.69, 9.17) is 4.74 Å². The van der Waals surface area contributed by atoms with Crippen LogP contribution >= 0.6 is 0 Å². The molecule has 0 amide bonds. The second-order valence-corrected chi connectivity index (χ2v) is 13.6. The second kappa shape index (κ2) is 9.42. The number of ether oxygens (including phenoxy) is 1. The fourth-order valence-electron chi connectivity index (χ4n) is 10.6. The molecule has 7 unspecified atom stereocenters. The molecule has 0 heterocycles. The summed E-state index contributed by atoms with van der Waals surface area (Å²) in [6.45, 7) is 5.46. The smallest absolute Gasteiger partial charge is 0.303 e. The third kappa shape index (κ3) is 4.11. The van der Waals surface area contributed by atoms with Gasteiger partial charge in [0.2, 0.25) is 0 Å². The van der Waals surface area contributed by atoms with Crippen LogP contribution < -0.4 is 0 Å². The Labute approximate surface area is 212 Å². The fourth-order valence-corrected chi connectivity index (χ4v) is 10.6. The highest BCUT2D eigenvalue weighted by molar-refractivity contribution is 5.89. The average Bonchev–Trinajstić information content (AvgIpc) is 3.10. The van der Waals surface area contributed by atoms with Crippen molar-refractivity contribution in [3.05, 3.63) is 0 Å². The molecular formula is C30H49NO4. The number of carbonyl (C=O) groups is 2. The van der Waals surface area contributed by atoms with Gasteiger partial charge in [-0.05, 0) is 139 Å². The van der Waals surface area contributed by atoms with E-state index in [-0.39, 0.29) is 23.3 Å². The minimum absolute atomic E-state index is 0.0562. The Morgan fingerprint density at radius 3 is 2.14 bits per heavy atom. The highest BCUT2D eigenvalue weighted by atomic mass is 16.6. The normalized spacial score (nSPS) is 49.6. The fraction of sp³-hybridized carbons (Fsp3) is 0.933. The minimum Gasteiger partial charge on any atom is -0.451 e. The quantitative estimate of drug-likeness (QED) is 0.550. The Kier molecular flexibility index (Phi) is 6.92. The molecule has 0 aromatic carbocycles. The standard InChI is InChI=1S/C30H49NO4/c1-18(32)30(35-19(2)33)15-14-27-25-12-8-21-16-23(34)11-13-24(21)28(25)26(17-29(27,30)3)20-6-9-22(10-7-20)31(4)5/h20-28,34H,6-17H2,1-5H3/t20?,21?,22?,23?,24?,25?,26?,27?,28?,29-,30-/m0/s1. The summed E-state index contributed by atoms with van der Waals surface area (Å²) in [5, 5.41) is 10.5. The van der Waals surface area contributed by atoms with Crippen LogP contribution in [0.3, 0.4) is 0 Å². The van der Waals surface area contributed by atoms with E-state index < -0.39 is 5.60 Å². The van der Waals surface area contributed by atoms with Gasteiger partial charge in [-0.1, -0.05) is 6.92 Å². The van der Waals surface area contributed by atoms with Crippen LogP contribution in [0.1, 0.15) is 97.8 Å². The molecule has 5 aliphatic carbocycles. The molecule has 5 rings (SSSR count). The molecule has 0 radical (unpaired) electrons. The monoisotopic (exact) mass is 487 g/mol. The number of Topliss-reactive ketones (excluding diaryl/α,β-unsaturated/α-hetero) is 1. The van der Waals surface area contributed by atoms with Crippen molar-refractivity contribution in [1.82, 2.24) is 4.90 Å². The van der Waals surface area contributed by atoms with Gasteiger partial charge in [-0.25, -0.2) is 0 Å². The molecule has 35 heavy (non-hydrogen) atoms. The highest BCUT2D eigenvalue weighted by Gasteiger charge is 2.69. The van der Waals surface area contributed by atoms with Crippen LogP contribution in [-0.4, -0.2) is 53.6 Å². The summed E-state index contributed by atoms with van der Waals surface area (Å²) < 4.78 is 6.09. The van der Waals surface area contributed by atoms with Crippen molar-refractivity contribution in [2.24, 2.45) is 46.8 Å².